The number of benzene rings is 1. The van der Waals surface area contributed by atoms with Gasteiger partial charge in [-0.05, 0) is 18.9 Å². The molecule has 0 radical (unpaired) electrons. The Hall–Kier alpha value is -2.17. The molecule has 96 valence electrons. The Labute approximate surface area is 106 Å². The van der Waals surface area contributed by atoms with E-state index in [0.29, 0.717) is 0 Å². The Morgan fingerprint density at radius 2 is 1.94 bits per heavy atom. The minimum absolute atomic E-state index is 0.0265. The summed E-state index contributed by atoms with van der Waals surface area (Å²) in [5, 5.41) is 6.26. The molecule has 0 aliphatic heterocycles. The maximum absolute atomic E-state index is 11.4. The van der Waals surface area contributed by atoms with Crippen LogP contribution in [0.3, 0.4) is 0 Å². The van der Waals surface area contributed by atoms with E-state index in [1.807, 2.05) is 44.2 Å². The van der Waals surface area contributed by atoms with Gasteiger partial charge in [0.1, 0.15) is 0 Å². The van der Waals surface area contributed by atoms with E-state index in [1.165, 1.54) is 6.21 Å². The molecule has 0 aliphatic rings. The monoisotopic (exact) mass is 247 g/mol. The summed E-state index contributed by atoms with van der Waals surface area (Å²) in [5.74, 6) is -1.43. The van der Waals surface area contributed by atoms with Crippen molar-refractivity contribution in [3.05, 3.63) is 35.9 Å². The average molecular weight is 247 g/mol. The van der Waals surface area contributed by atoms with Crippen LogP contribution in [0.4, 0.5) is 0 Å². The SMILES string of the molecule is CC[C@H](C)NC(=O)C(=O)N/N=C\c1ccccc1. The van der Waals surface area contributed by atoms with Gasteiger partial charge in [-0.25, -0.2) is 5.43 Å². The summed E-state index contributed by atoms with van der Waals surface area (Å²) in [6.07, 6.45) is 2.25. The van der Waals surface area contributed by atoms with Crippen molar-refractivity contribution in [1.82, 2.24) is 10.7 Å². The van der Waals surface area contributed by atoms with Gasteiger partial charge in [-0.2, -0.15) is 5.10 Å². The highest BCUT2D eigenvalue weighted by atomic mass is 16.2. The Morgan fingerprint density at radius 1 is 1.28 bits per heavy atom. The standard InChI is InChI=1S/C13H17N3O2/c1-3-10(2)15-12(17)13(18)16-14-9-11-7-5-4-6-8-11/h4-10H,3H2,1-2H3,(H,15,17)(H,16,18)/b14-9-/t10-/m0/s1. The normalized spacial score (nSPS) is 12.1. The van der Waals surface area contributed by atoms with E-state index < -0.39 is 11.8 Å². The second-order valence-electron chi connectivity index (χ2n) is 3.89. The molecule has 1 rings (SSSR count). The Balaban J connectivity index is 2.41. The van der Waals surface area contributed by atoms with Crippen LogP contribution in [0.25, 0.3) is 0 Å². The fourth-order valence-corrected chi connectivity index (χ4v) is 1.15. The number of amides is 2. The molecule has 0 saturated carbocycles. The molecule has 0 bridgehead atoms. The molecule has 18 heavy (non-hydrogen) atoms. The molecule has 5 heteroatoms. The van der Waals surface area contributed by atoms with Crippen LogP contribution in [0.5, 0.6) is 0 Å². The third-order valence-electron chi connectivity index (χ3n) is 2.38. The molecule has 0 aromatic heterocycles. The highest BCUT2D eigenvalue weighted by Gasteiger charge is 2.13. The summed E-state index contributed by atoms with van der Waals surface area (Å²) >= 11 is 0. The molecule has 5 nitrogen and oxygen atoms in total. The van der Waals surface area contributed by atoms with Gasteiger partial charge in [0.05, 0.1) is 6.21 Å². The van der Waals surface area contributed by atoms with Crippen LogP contribution in [0.1, 0.15) is 25.8 Å². The molecule has 1 aromatic rings. The van der Waals surface area contributed by atoms with Crippen molar-refractivity contribution in [2.75, 3.05) is 0 Å². The molecule has 1 aromatic carbocycles. The third-order valence-corrected chi connectivity index (χ3v) is 2.38. The molecule has 0 unspecified atom stereocenters. The number of hydrogen-bond acceptors (Lipinski definition) is 3. The van der Waals surface area contributed by atoms with Gasteiger partial charge in [0.25, 0.3) is 0 Å². The first-order chi connectivity index (χ1) is 8.63. The van der Waals surface area contributed by atoms with Crippen LogP contribution < -0.4 is 10.7 Å². The smallest absolute Gasteiger partial charge is 0.329 e. The van der Waals surface area contributed by atoms with Crippen molar-refractivity contribution in [3.8, 4) is 0 Å². The minimum atomic E-state index is -0.762. The average Bonchev–Trinajstić information content (AvgIpc) is 2.39. The van der Waals surface area contributed by atoms with Gasteiger partial charge in [0.15, 0.2) is 0 Å². The molecule has 1 atom stereocenters. The number of nitrogens with one attached hydrogen (secondary N) is 2. The molecule has 0 spiro atoms. The van der Waals surface area contributed by atoms with Crippen LogP contribution in [0.15, 0.2) is 35.4 Å². The number of carbonyl (C=O) groups is 2. The lowest BCUT2D eigenvalue weighted by Gasteiger charge is -2.09. The summed E-state index contributed by atoms with van der Waals surface area (Å²) in [6, 6.07) is 9.26. The largest absolute Gasteiger partial charge is 0.345 e. The van der Waals surface area contributed by atoms with Crippen LogP contribution in [0, 0.1) is 0 Å². The fraction of sp³-hybridized carbons (Fsp3) is 0.308. The van der Waals surface area contributed by atoms with Crippen molar-refractivity contribution in [2.24, 2.45) is 5.10 Å². The first-order valence-corrected chi connectivity index (χ1v) is 5.82. The zero-order valence-corrected chi connectivity index (χ0v) is 10.5. The van der Waals surface area contributed by atoms with Crippen LogP contribution in [0.2, 0.25) is 0 Å². The van der Waals surface area contributed by atoms with Gasteiger partial charge in [-0.3, -0.25) is 9.59 Å². The van der Waals surface area contributed by atoms with Gasteiger partial charge < -0.3 is 5.32 Å². The minimum Gasteiger partial charge on any atom is -0.345 e. The van der Waals surface area contributed by atoms with E-state index in [1.54, 1.807) is 0 Å². The van der Waals surface area contributed by atoms with Crippen LogP contribution in [-0.4, -0.2) is 24.1 Å². The van der Waals surface area contributed by atoms with Crippen LogP contribution in [-0.2, 0) is 9.59 Å². The zero-order valence-electron chi connectivity index (χ0n) is 10.5. The maximum Gasteiger partial charge on any atom is 0.329 e. The lowest BCUT2D eigenvalue weighted by atomic mass is 10.2. The first-order valence-electron chi connectivity index (χ1n) is 5.82. The predicted octanol–water partition coefficient (Wildman–Crippen LogP) is 1.05. The Bertz CT molecular complexity index is 429. The van der Waals surface area contributed by atoms with Crippen molar-refractivity contribution >= 4 is 18.0 Å². The van der Waals surface area contributed by atoms with E-state index in [9.17, 15) is 9.59 Å². The number of carbonyl (C=O) groups excluding carboxylic acids is 2. The van der Waals surface area contributed by atoms with E-state index in [2.05, 4.69) is 15.8 Å². The Kier molecular flexibility index (Phi) is 5.57. The van der Waals surface area contributed by atoms with Gasteiger partial charge in [-0.1, -0.05) is 37.3 Å². The lowest BCUT2D eigenvalue weighted by molar-refractivity contribution is -0.139. The topological polar surface area (TPSA) is 70.6 Å². The molecule has 2 amide bonds. The molecular weight excluding hydrogens is 230 g/mol. The van der Waals surface area contributed by atoms with E-state index in [0.717, 1.165) is 12.0 Å². The highest BCUT2D eigenvalue weighted by Crippen LogP contribution is 1.93. The second-order valence-corrected chi connectivity index (χ2v) is 3.89. The number of hydrazone groups is 1. The third kappa shape index (κ3) is 4.78. The lowest BCUT2D eigenvalue weighted by Crippen LogP contribution is -2.41. The van der Waals surface area contributed by atoms with Crippen molar-refractivity contribution < 1.29 is 9.59 Å². The zero-order chi connectivity index (χ0) is 13.4. The van der Waals surface area contributed by atoms with Crippen LogP contribution >= 0.6 is 0 Å². The molecule has 0 heterocycles. The highest BCUT2D eigenvalue weighted by molar-refractivity contribution is 6.35. The summed E-state index contributed by atoms with van der Waals surface area (Å²) in [5.41, 5.74) is 3.03. The van der Waals surface area contributed by atoms with E-state index >= 15 is 0 Å². The van der Waals surface area contributed by atoms with Crippen molar-refractivity contribution in [3.63, 3.8) is 0 Å². The quantitative estimate of drug-likeness (QED) is 0.474. The summed E-state index contributed by atoms with van der Waals surface area (Å²) in [6.45, 7) is 3.76. The predicted molar refractivity (Wildman–Crippen MR) is 70.1 cm³/mol. The molecule has 0 aliphatic carbocycles. The number of nitrogens with zero attached hydrogens (tertiary/aromatic N) is 1. The summed E-state index contributed by atoms with van der Waals surface area (Å²) in [7, 11) is 0. The van der Waals surface area contributed by atoms with E-state index in [4.69, 9.17) is 0 Å². The molecular formula is C13H17N3O2. The van der Waals surface area contributed by atoms with Crippen molar-refractivity contribution in [2.45, 2.75) is 26.3 Å². The summed E-state index contributed by atoms with van der Waals surface area (Å²) < 4.78 is 0. The molecule has 0 fully saturated rings. The van der Waals surface area contributed by atoms with Gasteiger partial charge in [-0.15, -0.1) is 0 Å². The Morgan fingerprint density at radius 3 is 2.56 bits per heavy atom. The summed E-state index contributed by atoms with van der Waals surface area (Å²) in [4.78, 5) is 22.7. The van der Waals surface area contributed by atoms with Gasteiger partial charge in [0, 0.05) is 6.04 Å². The maximum atomic E-state index is 11.4. The van der Waals surface area contributed by atoms with Crippen molar-refractivity contribution in [1.29, 1.82) is 0 Å². The fourth-order valence-electron chi connectivity index (χ4n) is 1.15. The van der Waals surface area contributed by atoms with E-state index in [-0.39, 0.29) is 6.04 Å². The van der Waals surface area contributed by atoms with Gasteiger partial charge in [0.2, 0.25) is 0 Å². The number of rotatable bonds is 4. The number of hydrogen-bond donors (Lipinski definition) is 2. The second kappa shape index (κ2) is 7.21. The van der Waals surface area contributed by atoms with Gasteiger partial charge >= 0.3 is 11.8 Å². The molecule has 0 saturated heterocycles. The first kappa shape index (κ1) is 13.9. The molecule has 2 N–H and O–H groups in total.